The Hall–Kier alpha value is -4.02. The molecule has 0 saturated heterocycles. The average Bonchev–Trinajstić information content (AvgIpc) is 3.21. The molecule has 1 aliphatic heterocycles. The third kappa shape index (κ3) is 7.73. The molecule has 0 bridgehead atoms. The quantitative estimate of drug-likeness (QED) is 0.164. The summed E-state index contributed by atoms with van der Waals surface area (Å²) >= 11 is 12.1. The molecule has 0 aliphatic carbocycles. The number of nitriles is 1. The van der Waals surface area contributed by atoms with Gasteiger partial charge in [0.05, 0.1) is 28.3 Å². The molecule has 3 rings (SSSR count). The van der Waals surface area contributed by atoms with Gasteiger partial charge < -0.3 is 20.1 Å². The van der Waals surface area contributed by atoms with Crippen molar-refractivity contribution in [2.24, 2.45) is 10.1 Å². The van der Waals surface area contributed by atoms with Gasteiger partial charge >= 0.3 is 12.5 Å². The molecule has 0 spiro atoms. The summed E-state index contributed by atoms with van der Waals surface area (Å²) in [7, 11) is 0. The van der Waals surface area contributed by atoms with Gasteiger partial charge in [-0.2, -0.15) is 10.4 Å². The third-order valence-corrected chi connectivity index (χ3v) is 5.25. The summed E-state index contributed by atoms with van der Waals surface area (Å²) in [5.41, 5.74) is 0.497. The lowest BCUT2D eigenvalue weighted by atomic mass is 10.0. The summed E-state index contributed by atoms with van der Waals surface area (Å²) in [6.07, 6.45) is -2.95. The molecule has 1 heterocycles. The number of carbonyl (C=O) groups is 1. The highest BCUT2D eigenvalue weighted by Gasteiger charge is 2.33. The highest BCUT2D eigenvalue weighted by atomic mass is 35.5. The van der Waals surface area contributed by atoms with Crippen LogP contribution in [0.25, 0.3) is 0 Å². The van der Waals surface area contributed by atoms with Gasteiger partial charge in [0, 0.05) is 23.4 Å². The van der Waals surface area contributed by atoms with Gasteiger partial charge in [-0.05, 0) is 18.2 Å². The van der Waals surface area contributed by atoms with E-state index in [0.29, 0.717) is 11.6 Å². The number of benzene rings is 2. The number of carbonyl (C=O) groups excluding carboxylic acids is 1. The van der Waals surface area contributed by atoms with Crippen LogP contribution in [0.1, 0.15) is 5.56 Å². The van der Waals surface area contributed by atoms with Crippen molar-refractivity contribution in [2.75, 3.05) is 18.5 Å². The Morgan fingerprint density at radius 3 is 2.70 bits per heavy atom. The lowest BCUT2D eigenvalue weighted by Crippen LogP contribution is -2.44. The molecule has 194 valence electrons. The molecule has 9 nitrogen and oxygen atoms in total. The number of hydrogen-bond acceptors (Lipinski definition) is 6. The van der Waals surface area contributed by atoms with E-state index in [1.54, 1.807) is 6.07 Å². The van der Waals surface area contributed by atoms with E-state index in [4.69, 9.17) is 33.2 Å². The van der Waals surface area contributed by atoms with Crippen molar-refractivity contribution in [3.8, 4) is 11.9 Å². The highest BCUT2D eigenvalue weighted by Crippen LogP contribution is 2.28. The van der Waals surface area contributed by atoms with Crippen LogP contribution < -0.4 is 15.4 Å². The molecule has 0 saturated carbocycles. The number of aliphatic imine (C=N–C) groups is 1. The molecule has 1 aliphatic rings. The topological polar surface area (TPSA) is 111 Å². The fraction of sp³-hybridized carbons (Fsp3) is 0.182. The number of rotatable bonds is 6. The third-order valence-electron chi connectivity index (χ3n) is 4.52. The van der Waals surface area contributed by atoms with Crippen LogP contribution in [0, 0.1) is 17.3 Å². The minimum Gasteiger partial charge on any atom is -0.445 e. The number of anilines is 1. The van der Waals surface area contributed by atoms with Gasteiger partial charge in [-0.3, -0.25) is 0 Å². The Kier molecular flexibility index (Phi) is 8.80. The van der Waals surface area contributed by atoms with Gasteiger partial charge in [0.2, 0.25) is 12.2 Å². The van der Waals surface area contributed by atoms with Crippen molar-refractivity contribution in [1.29, 1.82) is 5.26 Å². The first-order chi connectivity index (χ1) is 17.5. The van der Waals surface area contributed by atoms with Crippen molar-refractivity contribution >= 4 is 46.7 Å². The number of guanidine groups is 1. The molecular formula is C22H16Cl2F4N6O3. The van der Waals surface area contributed by atoms with Crippen LogP contribution >= 0.6 is 23.2 Å². The normalized spacial score (nSPS) is 15.5. The Morgan fingerprint density at radius 2 is 2.05 bits per heavy atom. The van der Waals surface area contributed by atoms with Crippen molar-refractivity contribution < 1.29 is 31.8 Å². The number of hydrazone groups is 1. The highest BCUT2D eigenvalue weighted by molar-refractivity contribution is 6.42. The number of alkyl halides is 3. The molecule has 15 heteroatoms. The van der Waals surface area contributed by atoms with Gasteiger partial charge in [-0.1, -0.05) is 41.9 Å². The molecule has 2 aromatic rings. The lowest BCUT2D eigenvalue weighted by molar-refractivity contribution is -0.274. The van der Waals surface area contributed by atoms with Crippen molar-refractivity contribution in [3.05, 3.63) is 70.5 Å². The summed E-state index contributed by atoms with van der Waals surface area (Å²) in [6, 6.07) is 6.01. The van der Waals surface area contributed by atoms with Crippen molar-refractivity contribution in [2.45, 2.75) is 12.4 Å². The first kappa shape index (κ1) is 27.6. The van der Waals surface area contributed by atoms with E-state index >= 15 is 0 Å². The molecule has 1 amide bonds. The summed E-state index contributed by atoms with van der Waals surface area (Å²) in [6.45, 7) is 3.29. The average molecular weight is 559 g/mol. The summed E-state index contributed by atoms with van der Waals surface area (Å²) in [5, 5.41) is 20.3. The summed E-state index contributed by atoms with van der Waals surface area (Å²) < 4.78 is 60.4. The zero-order valence-corrected chi connectivity index (χ0v) is 20.0. The Balaban J connectivity index is 1.93. The van der Waals surface area contributed by atoms with E-state index in [1.807, 2.05) is 0 Å². The second-order valence-corrected chi connectivity index (χ2v) is 7.98. The second-order valence-electron chi connectivity index (χ2n) is 7.16. The largest absolute Gasteiger partial charge is 0.573 e. The number of ether oxygens (including phenoxy) is 2. The Bertz CT molecular complexity index is 1300. The van der Waals surface area contributed by atoms with Crippen LogP contribution in [0.4, 0.5) is 28.0 Å². The summed E-state index contributed by atoms with van der Waals surface area (Å²) in [4.78, 5) is 15.8. The maximum absolute atomic E-state index is 14.0. The molecule has 2 aromatic carbocycles. The molecule has 0 aromatic heterocycles. The molecule has 0 fully saturated rings. The second kappa shape index (κ2) is 11.8. The zero-order chi connectivity index (χ0) is 27.2. The van der Waals surface area contributed by atoms with E-state index in [-0.39, 0.29) is 40.6 Å². The van der Waals surface area contributed by atoms with Crippen LogP contribution in [0.15, 0.2) is 59.1 Å². The lowest BCUT2D eigenvalue weighted by Gasteiger charge is -2.19. The fourth-order valence-electron chi connectivity index (χ4n) is 3.13. The van der Waals surface area contributed by atoms with E-state index in [1.165, 1.54) is 24.4 Å². The standard InChI is InChI=1S/C22H16Cl2F4N6O3/c1-2-5-36-21(35)32-18-10-34(33-19(18)12-3-4-16(23)17(24)6-12)20(30-11-29)31-14-7-13(25)8-15(9-14)37-22(26,27)28/h2-4,6-9,18H,1,5,10H2,(H,30,31)(H,32,35)/t18-/m1/s1. The number of nitrogens with zero attached hydrogens (tertiary/aromatic N) is 4. The van der Waals surface area contributed by atoms with Crippen molar-refractivity contribution in [1.82, 2.24) is 10.3 Å². The summed E-state index contributed by atoms with van der Waals surface area (Å²) in [5.74, 6) is -2.17. The first-order valence-corrected chi connectivity index (χ1v) is 10.9. The van der Waals surface area contributed by atoms with E-state index in [9.17, 15) is 22.4 Å². The van der Waals surface area contributed by atoms with Crippen LogP contribution in [-0.4, -0.2) is 48.3 Å². The predicted molar refractivity (Wildman–Crippen MR) is 128 cm³/mol. The van der Waals surface area contributed by atoms with E-state index < -0.39 is 30.1 Å². The fourth-order valence-corrected chi connectivity index (χ4v) is 3.43. The van der Waals surface area contributed by atoms with Crippen LogP contribution in [0.2, 0.25) is 10.0 Å². The van der Waals surface area contributed by atoms with Gasteiger partial charge in [0.15, 0.2) is 0 Å². The maximum Gasteiger partial charge on any atom is 0.573 e. The number of amides is 1. The molecular weight excluding hydrogens is 543 g/mol. The molecule has 0 unspecified atom stereocenters. The van der Waals surface area contributed by atoms with Crippen LogP contribution in [0.3, 0.4) is 0 Å². The van der Waals surface area contributed by atoms with Gasteiger partial charge in [0.1, 0.15) is 18.2 Å². The molecule has 37 heavy (non-hydrogen) atoms. The predicted octanol–water partition coefficient (Wildman–Crippen LogP) is 5.28. The first-order valence-electron chi connectivity index (χ1n) is 10.1. The van der Waals surface area contributed by atoms with Gasteiger partial charge in [0.25, 0.3) is 0 Å². The smallest absolute Gasteiger partial charge is 0.445 e. The van der Waals surface area contributed by atoms with Crippen molar-refractivity contribution in [3.63, 3.8) is 0 Å². The number of hydrogen-bond donors (Lipinski definition) is 2. The minimum atomic E-state index is -5.05. The Labute approximate surface area is 217 Å². The monoisotopic (exact) mass is 558 g/mol. The van der Waals surface area contributed by atoms with Crippen LogP contribution in [0.5, 0.6) is 5.75 Å². The van der Waals surface area contributed by atoms with Gasteiger partial charge in [-0.25, -0.2) is 14.2 Å². The SMILES string of the molecule is C=CCOC(=O)N[C@@H]1CN(/C(=N\C#N)Nc2cc(F)cc(OC(F)(F)F)c2)N=C1c1ccc(Cl)c(Cl)c1. The zero-order valence-electron chi connectivity index (χ0n) is 18.5. The van der Waals surface area contributed by atoms with E-state index in [0.717, 1.165) is 17.1 Å². The van der Waals surface area contributed by atoms with Gasteiger partial charge in [-0.15, -0.1) is 18.2 Å². The van der Waals surface area contributed by atoms with Crippen LogP contribution in [-0.2, 0) is 4.74 Å². The number of alkyl carbamates (subject to hydrolysis) is 1. The molecule has 0 radical (unpaired) electrons. The number of halogens is 6. The van der Waals surface area contributed by atoms with E-state index in [2.05, 4.69) is 32.0 Å². The molecule has 1 atom stereocenters. The number of nitrogens with one attached hydrogen (secondary N) is 2. The maximum atomic E-state index is 14.0. The Morgan fingerprint density at radius 1 is 1.30 bits per heavy atom. The minimum absolute atomic E-state index is 0.0634. The molecule has 2 N–H and O–H groups in total.